The summed E-state index contributed by atoms with van der Waals surface area (Å²) < 4.78 is 38.4. The number of rotatable bonds is 3. The maximum atomic E-state index is 12.8. The minimum absolute atomic E-state index is 0.00399. The van der Waals surface area contributed by atoms with Gasteiger partial charge in [0.2, 0.25) is 0 Å². The molecule has 0 aliphatic carbocycles. The average Bonchev–Trinajstić information content (AvgIpc) is 2.62. The number of hydrogen-bond acceptors (Lipinski definition) is 3. The van der Waals surface area contributed by atoms with E-state index in [9.17, 15) is 18.0 Å². The molecule has 7 heteroatoms. The van der Waals surface area contributed by atoms with Gasteiger partial charge in [-0.25, -0.2) is 0 Å². The first-order valence-corrected chi connectivity index (χ1v) is 8.75. The van der Waals surface area contributed by atoms with E-state index in [-0.39, 0.29) is 10.5 Å². The predicted octanol–water partition coefficient (Wildman–Crippen LogP) is 4.00. The van der Waals surface area contributed by atoms with Crippen LogP contribution in [-0.2, 0) is 11.7 Å². The van der Waals surface area contributed by atoms with Gasteiger partial charge in [0.15, 0.2) is 0 Å². The van der Waals surface area contributed by atoms with Crippen molar-refractivity contribution < 1.29 is 18.0 Å². The van der Waals surface area contributed by atoms with Crippen molar-refractivity contribution in [3.8, 4) is 0 Å². The van der Waals surface area contributed by atoms with Crippen LogP contribution in [-0.4, -0.2) is 19.0 Å². The summed E-state index contributed by atoms with van der Waals surface area (Å²) in [5.74, 6) is -0.434. The SMILES string of the molecule is O=C(NC1(c2ccccc2)CCCNC1)c1ccc(C(F)(F)F)cc1S. The molecule has 1 aliphatic heterocycles. The largest absolute Gasteiger partial charge is 0.416 e. The molecule has 1 unspecified atom stereocenters. The van der Waals surface area contributed by atoms with Crippen LogP contribution in [0.2, 0.25) is 0 Å². The van der Waals surface area contributed by atoms with E-state index in [1.54, 1.807) is 0 Å². The number of carbonyl (C=O) groups excluding carboxylic acids is 1. The number of piperidine rings is 1. The number of halogens is 3. The lowest BCUT2D eigenvalue weighted by Gasteiger charge is -2.39. The van der Waals surface area contributed by atoms with Gasteiger partial charge < -0.3 is 10.6 Å². The normalized spacial score (nSPS) is 20.6. The smallest absolute Gasteiger partial charge is 0.341 e. The standard InChI is InChI=1S/C19H19F3N2OS/c20-19(21,22)14-7-8-15(16(26)11-14)17(25)24-18(9-4-10-23-12-18)13-5-2-1-3-6-13/h1-3,5-8,11,23,26H,4,9-10,12H2,(H,24,25). The average molecular weight is 380 g/mol. The highest BCUT2D eigenvalue weighted by molar-refractivity contribution is 7.80. The van der Waals surface area contributed by atoms with Crippen molar-refractivity contribution in [2.45, 2.75) is 29.5 Å². The van der Waals surface area contributed by atoms with Gasteiger partial charge in [0.05, 0.1) is 16.7 Å². The Morgan fingerprint density at radius 3 is 2.46 bits per heavy atom. The molecular formula is C19H19F3N2OS. The molecule has 0 bridgehead atoms. The lowest BCUT2D eigenvalue weighted by Crippen LogP contribution is -2.55. The highest BCUT2D eigenvalue weighted by Gasteiger charge is 2.36. The van der Waals surface area contributed by atoms with Gasteiger partial charge in [-0.15, -0.1) is 12.6 Å². The van der Waals surface area contributed by atoms with Gasteiger partial charge in [-0.1, -0.05) is 30.3 Å². The number of amides is 1. The molecule has 0 saturated carbocycles. The van der Waals surface area contributed by atoms with Crippen molar-refractivity contribution in [2.24, 2.45) is 0 Å². The molecule has 26 heavy (non-hydrogen) atoms. The predicted molar refractivity (Wildman–Crippen MR) is 96.4 cm³/mol. The lowest BCUT2D eigenvalue weighted by atomic mass is 9.82. The Bertz CT molecular complexity index is 787. The molecule has 138 valence electrons. The summed E-state index contributed by atoms with van der Waals surface area (Å²) >= 11 is 4.09. The lowest BCUT2D eigenvalue weighted by molar-refractivity contribution is -0.137. The Kier molecular flexibility index (Phi) is 5.29. The summed E-state index contributed by atoms with van der Waals surface area (Å²) in [4.78, 5) is 12.8. The highest BCUT2D eigenvalue weighted by atomic mass is 32.1. The van der Waals surface area contributed by atoms with E-state index < -0.39 is 23.2 Å². The number of hydrogen-bond donors (Lipinski definition) is 3. The quantitative estimate of drug-likeness (QED) is 0.705. The summed E-state index contributed by atoms with van der Waals surface area (Å²) in [5, 5.41) is 6.32. The van der Waals surface area contributed by atoms with E-state index in [4.69, 9.17) is 0 Å². The molecule has 0 aromatic heterocycles. The van der Waals surface area contributed by atoms with Gasteiger partial charge in [0.1, 0.15) is 0 Å². The minimum Gasteiger partial charge on any atom is -0.341 e. The molecule has 1 heterocycles. The third kappa shape index (κ3) is 3.88. The second-order valence-corrected chi connectivity index (χ2v) is 6.89. The van der Waals surface area contributed by atoms with Crippen molar-refractivity contribution in [2.75, 3.05) is 13.1 Å². The number of benzene rings is 2. The van der Waals surface area contributed by atoms with Gasteiger partial charge in [0.25, 0.3) is 5.91 Å². The summed E-state index contributed by atoms with van der Waals surface area (Å²) in [6.45, 7) is 1.42. The van der Waals surface area contributed by atoms with E-state index in [1.165, 1.54) is 6.07 Å². The summed E-state index contributed by atoms with van der Waals surface area (Å²) in [5.41, 5.74) is -0.328. The highest BCUT2D eigenvalue weighted by Crippen LogP contribution is 2.33. The zero-order chi connectivity index (χ0) is 18.8. The van der Waals surface area contributed by atoms with Crippen LogP contribution in [0.25, 0.3) is 0 Å². The Hall–Kier alpha value is -1.99. The molecule has 0 spiro atoms. The molecule has 1 fully saturated rings. The first-order valence-electron chi connectivity index (χ1n) is 8.31. The van der Waals surface area contributed by atoms with Crippen LogP contribution in [0.1, 0.15) is 34.3 Å². The van der Waals surface area contributed by atoms with Crippen LogP contribution < -0.4 is 10.6 Å². The first-order chi connectivity index (χ1) is 12.3. The number of thiol groups is 1. The molecule has 1 amide bonds. The fourth-order valence-corrected chi connectivity index (χ4v) is 3.59. The second kappa shape index (κ2) is 7.32. The molecule has 1 aliphatic rings. The third-order valence-corrected chi connectivity index (χ3v) is 5.00. The fourth-order valence-electron chi connectivity index (χ4n) is 3.27. The fraction of sp³-hybridized carbons (Fsp3) is 0.316. The van der Waals surface area contributed by atoms with Crippen LogP contribution in [0.4, 0.5) is 13.2 Å². The van der Waals surface area contributed by atoms with Crippen LogP contribution in [0, 0.1) is 0 Å². The van der Waals surface area contributed by atoms with Gasteiger partial charge in [-0.2, -0.15) is 13.2 Å². The van der Waals surface area contributed by atoms with E-state index in [2.05, 4.69) is 23.3 Å². The van der Waals surface area contributed by atoms with Crippen molar-refractivity contribution in [1.82, 2.24) is 10.6 Å². The van der Waals surface area contributed by atoms with Crippen molar-refractivity contribution in [3.63, 3.8) is 0 Å². The number of carbonyl (C=O) groups is 1. The van der Waals surface area contributed by atoms with Crippen LogP contribution in [0.3, 0.4) is 0 Å². The Labute approximate surface area is 155 Å². The van der Waals surface area contributed by atoms with Crippen molar-refractivity contribution >= 4 is 18.5 Å². The second-order valence-electron chi connectivity index (χ2n) is 6.41. The molecule has 2 aromatic carbocycles. The van der Waals surface area contributed by atoms with Crippen LogP contribution in [0.15, 0.2) is 53.4 Å². The van der Waals surface area contributed by atoms with Crippen LogP contribution in [0.5, 0.6) is 0 Å². The van der Waals surface area contributed by atoms with Gasteiger partial charge in [0, 0.05) is 11.4 Å². The van der Waals surface area contributed by atoms with Crippen molar-refractivity contribution in [3.05, 3.63) is 65.2 Å². The molecule has 3 rings (SSSR count). The molecule has 1 saturated heterocycles. The van der Waals surface area contributed by atoms with E-state index in [0.29, 0.717) is 6.54 Å². The maximum absolute atomic E-state index is 12.8. The van der Waals surface area contributed by atoms with Gasteiger partial charge in [-0.3, -0.25) is 4.79 Å². The molecule has 2 aromatic rings. The Morgan fingerprint density at radius 1 is 1.15 bits per heavy atom. The first kappa shape index (κ1) is 18.8. The zero-order valence-electron chi connectivity index (χ0n) is 13.9. The van der Waals surface area contributed by atoms with E-state index in [1.807, 2.05) is 30.3 Å². The molecule has 1 atom stereocenters. The molecule has 0 radical (unpaired) electrons. The minimum atomic E-state index is -4.47. The Morgan fingerprint density at radius 2 is 1.88 bits per heavy atom. The molecule has 2 N–H and O–H groups in total. The third-order valence-electron chi connectivity index (χ3n) is 4.63. The van der Waals surface area contributed by atoms with Crippen molar-refractivity contribution in [1.29, 1.82) is 0 Å². The monoisotopic (exact) mass is 380 g/mol. The summed E-state index contributed by atoms with van der Waals surface area (Å²) in [6, 6.07) is 12.6. The number of nitrogens with one attached hydrogen (secondary N) is 2. The maximum Gasteiger partial charge on any atom is 0.416 e. The van der Waals surface area contributed by atoms with Gasteiger partial charge >= 0.3 is 6.18 Å². The number of alkyl halides is 3. The van der Waals surface area contributed by atoms with Crippen LogP contribution >= 0.6 is 12.6 Å². The topological polar surface area (TPSA) is 41.1 Å². The molecule has 3 nitrogen and oxygen atoms in total. The van der Waals surface area contributed by atoms with E-state index in [0.717, 1.165) is 37.1 Å². The summed E-state index contributed by atoms with van der Waals surface area (Å²) in [7, 11) is 0. The zero-order valence-corrected chi connectivity index (χ0v) is 14.8. The Balaban J connectivity index is 1.89. The molecular weight excluding hydrogens is 361 g/mol. The summed E-state index contributed by atoms with van der Waals surface area (Å²) in [6.07, 6.45) is -2.83. The van der Waals surface area contributed by atoms with E-state index >= 15 is 0 Å². The van der Waals surface area contributed by atoms with Gasteiger partial charge in [-0.05, 0) is 43.1 Å².